The molecule has 1 unspecified atom stereocenters. The van der Waals surface area contributed by atoms with Crippen molar-refractivity contribution in [3.8, 4) is 0 Å². The molecule has 3 heteroatoms. The van der Waals surface area contributed by atoms with E-state index in [0.717, 1.165) is 16.8 Å². The molecule has 0 aliphatic carbocycles. The van der Waals surface area contributed by atoms with Gasteiger partial charge in [0, 0.05) is 11.1 Å². The van der Waals surface area contributed by atoms with Gasteiger partial charge in [-0.05, 0) is 36.3 Å². The Balaban J connectivity index is 1.99. The van der Waals surface area contributed by atoms with Crippen LogP contribution in [0, 0.1) is 6.92 Å². The summed E-state index contributed by atoms with van der Waals surface area (Å²) in [4.78, 5) is 0. The highest BCUT2D eigenvalue weighted by atomic mass is 32.2. The number of anilines is 1. The second kappa shape index (κ2) is 6.17. The molecule has 0 spiro atoms. The molecular formula is C15H15NOS. The third-order valence-corrected chi connectivity index (χ3v) is 3.24. The Morgan fingerprint density at radius 2 is 1.83 bits per heavy atom. The number of nitrogens with one attached hydrogen (secondary N) is 1. The van der Waals surface area contributed by atoms with E-state index in [1.807, 2.05) is 67.6 Å². The molecule has 0 saturated carbocycles. The molecule has 0 radical (unpaired) electrons. The maximum absolute atomic E-state index is 11.8. The summed E-state index contributed by atoms with van der Waals surface area (Å²) in [6.07, 6.45) is 1.85. The number of benzene rings is 2. The summed E-state index contributed by atoms with van der Waals surface area (Å²) in [5.74, 6) is 0. The van der Waals surface area contributed by atoms with Crippen LogP contribution in [0.3, 0.4) is 0 Å². The highest BCUT2D eigenvalue weighted by Gasteiger charge is 1.95. The van der Waals surface area contributed by atoms with Crippen LogP contribution >= 0.6 is 0 Å². The van der Waals surface area contributed by atoms with Gasteiger partial charge in [0.05, 0.1) is 0 Å². The smallest absolute Gasteiger partial charge is 0.142 e. The van der Waals surface area contributed by atoms with Gasteiger partial charge in [0.15, 0.2) is 0 Å². The van der Waals surface area contributed by atoms with Crippen LogP contribution in [0.2, 0.25) is 0 Å². The Morgan fingerprint density at radius 1 is 1.06 bits per heavy atom. The summed E-state index contributed by atoms with van der Waals surface area (Å²) in [6.45, 7) is 2.01. The van der Waals surface area contributed by atoms with Crippen molar-refractivity contribution in [3.63, 3.8) is 0 Å². The minimum absolute atomic E-state index is 0.867. The highest BCUT2D eigenvalue weighted by molar-refractivity contribution is 7.89. The van der Waals surface area contributed by atoms with Gasteiger partial charge in [0.25, 0.3) is 0 Å². The van der Waals surface area contributed by atoms with E-state index in [1.165, 1.54) is 0 Å². The number of rotatable bonds is 4. The summed E-state index contributed by atoms with van der Waals surface area (Å²) >= 11 is 0. The maximum atomic E-state index is 11.8. The molecule has 0 aromatic heterocycles. The fourth-order valence-electron chi connectivity index (χ4n) is 1.56. The SMILES string of the molecule is Cc1cccc(NS(=O)C=Cc2ccccc2)c1. The molecular weight excluding hydrogens is 242 g/mol. The van der Waals surface area contributed by atoms with E-state index >= 15 is 0 Å². The van der Waals surface area contributed by atoms with Crippen LogP contribution in [0.5, 0.6) is 0 Å². The lowest BCUT2D eigenvalue weighted by molar-refractivity contribution is 0.691. The lowest BCUT2D eigenvalue weighted by Crippen LogP contribution is -2.00. The van der Waals surface area contributed by atoms with E-state index in [4.69, 9.17) is 0 Å². The average molecular weight is 257 g/mol. The molecule has 0 amide bonds. The number of aryl methyl sites for hydroxylation is 1. The van der Waals surface area contributed by atoms with Crippen molar-refractivity contribution in [2.45, 2.75) is 6.92 Å². The van der Waals surface area contributed by atoms with Gasteiger partial charge in [-0.25, -0.2) is 4.21 Å². The fraction of sp³-hybridized carbons (Fsp3) is 0.0667. The van der Waals surface area contributed by atoms with Crippen molar-refractivity contribution in [1.82, 2.24) is 0 Å². The van der Waals surface area contributed by atoms with E-state index in [1.54, 1.807) is 5.41 Å². The standard InChI is InChI=1S/C15H15NOS/c1-13-6-5-9-15(12-13)16-18(17)11-10-14-7-3-2-4-8-14/h2-12,16H,1H3. The Labute approximate surface area is 110 Å². The normalized spacial score (nSPS) is 12.5. The van der Waals surface area contributed by atoms with Gasteiger partial charge >= 0.3 is 0 Å². The van der Waals surface area contributed by atoms with Crippen LogP contribution in [0.25, 0.3) is 6.08 Å². The monoisotopic (exact) mass is 257 g/mol. The summed E-state index contributed by atoms with van der Waals surface area (Å²) in [7, 11) is -1.21. The third-order valence-electron chi connectivity index (χ3n) is 2.42. The van der Waals surface area contributed by atoms with Crippen LogP contribution in [0.1, 0.15) is 11.1 Å². The lowest BCUT2D eigenvalue weighted by Gasteiger charge is -2.03. The van der Waals surface area contributed by atoms with Gasteiger partial charge in [-0.15, -0.1) is 0 Å². The zero-order valence-electron chi connectivity index (χ0n) is 10.2. The highest BCUT2D eigenvalue weighted by Crippen LogP contribution is 2.11. The molecule has 1 atom stereocenters. The van der Waals surface area contributed by atoms with Crippen molar-refractivity contribution in [2.75, 3.05) is 4.72 Å². The van der Waals surface area contributed by atoms with Crippen LogP contribution < -0.4 is 4.72 Å². The van der Waals surface area contributed by atoms with Crippen molar-refractivity contribution < 1.29 is 4.21 Å². The Kier molecular flexibility index (Phi) is 4.31. The number of hydrogen-bond donors (Lipinski definition) is 1. The summed E-state index contributed by atoms with van der Waals surface area (Å²) in [6, 6.07) is 17.6. The average Bonchev–Trinajstić information content (AvgIpc) is 2.38. The minimum atomic E-state index is -1.21. The van der Waals surface area contributed by atoms with Crippen molar-refractivity contribution in [3.05, 3.63) is 71.1 Å². The quantitative estimate of drug-likeness (QED) is 0.888. The van der Waals surface area contributed by atoms with Gasteiger partial charge < -0.3 is 4.72 Å². The predicted octanol–water partition coefficient (Wildman–Crippen LogP) is 3.74. The second-order valence-corrected chi connectivity index (χ2v) is 5.05. The minimum Gasteiger partial charge on any atom is -0.302 e. The first kappa shape index (κ1) is 12.6. The predicted molar refractivity (Wildman–Crippen MR) is 78.4 cm³/mol. The molecule has 18 heavy (non-hydrogen) atoms. The summed E-state index contributed by atoms with van der Waals surface area (Å²) in [5, 5.41) is 1.65. The van der Waals surface area contributed by atoms with Crippen molar-refractivity contribution in [2.24, 2.45) is 0 Å². The Hall–Kier alpha value is -1.87. The first-order chi connectivity index (χ1) is 8.74. The van der Waals surface area contributed by atoms with E-state index in [2.05, 4.69) is 4.72 Å². The van der Waals surface area contributed by atoms with Gasteiger partial charge in [0.1, 0.15) is 11.0 Å². The zero-order chi connectivity index (χ0) is 12.8. The molecule has 2 aromatic rings. The van der Waals surface area contributed by atoms with Crippen LogP contribution in [-0.4, -0.2) is 4.21 Å². The van der Waals surface area contributed by atoms with E-state index in [-0.39, 0.29) is 0 Å². The summed E-state index contributed by atoms with van der Waals surface area (Å²) < 4.78 is 14.7. The first-order valence-corrected chi connectivity index (χ1v) is 6.92. The number of hydrogen-bond acceptors (Lipinski definition) is 1. The Bertz CT molecular complexity index is 564. The molecule has 1 N–H and O–H groups in total. The van der Waals surface area contributed by atoms with Crippen molar-refractivity contribution in [1.29, 1.82) is 0 Å². The van der Waals surface area contributed by atoms with Crippen molar-refractivity contribution >= 4 is 22.7 Å². The zero-order valence-corrected chi connectivity index (χ0v) is 11.0. The van der Waals surface area contributed by atoms with Gasteiger partial charge in [-0.2, -0.15) is 0 Å². The van der Waals surface area contributed by atoms with Gasteiger partial charge in [0.2, 0.25) is 0 Å². The molecule has 0 bridgehead atoms. The van der Waals surface area contributed by atoms with E-state index in [9.17, 15) is 4.21 Å². The molecule has 0 aliphatic heterocycles. The molecule has 0 saturated heterocycles. The molecule has 2 rings (SSSR count). The molecule has 0 aliphatic rings. The lowest BCUT2D eigenvalue weighted by atomic mass is 10.2. The topological polar surface area (TPSA) is 29.1 Å². The third kappa shape index (κ3) is 3.86. The molecule has 92 valence electrons. The Morgan fingerprint density at radius 3 is 2.56 bits per heavy atom. The second-order valence-electron chi connectivity index (χ2n) is 3.98. The van der Waals surface area contributed by atoms with Crippen LogP contribution in [0.4, 0.5) is 5.69 Å². The first-order valence-electron chi connectivity index (χ1n) is 5.71. The fourth-order valence-corrected chi connectivity index (χ4v) is 2.27. The molecule has 2 nitrogen and oxygen atoms in total. The van der Waals surface area contributed by atoms with E-state index in [0.29, 0.717) is 0 Å². The van der Waals surface area contributed by atoms with Gasteiger partial charge in [-0.1, -0.05) is 42.5 Å². The molecule has 2 aromatic carbocycles. The van der Waals surface area contributed by atoms with Crippen LogP contribution in [0.15, 0.2) is 60.0 Å². The summed E-state index contributed by atoms with van der Waals surface area (Å²) in [5.41, 5.74) is 3.05. The molecule has 0 heterocycles. The molecule has 0 fully saturated rings. The largest absolute Gasteiger partial charge is 0.302 e. The van der Waals surface area contributed by atoms with Gasteiger partial charge in [-0.3, -0.25) is 0 Å². The van der Waals surface area contributed by atoms with E-state index < -0.39 is 11.0 Å². The maximum Gasteiger partial charge on any atom is 0.142 e. The van der Waals surface area contributed by atoms with Crippen LogP contribution in [-0.2, 0) is 11.0 Å².